The highest BCUT2D eigenvalue weighted by molar-refractivity contribution is 7.89. The number of hydrogen-bond donors (Lipinski definition) is 0. The largest absolute Gasteiger partial charge is 0.472 e. The predicted molar refractivity (Wildman–Crippen MR) is 81.3 cm³/mol. The SMILES string of the molecule is O=S(=O)(c1cccc(Cl)c1)N1CCC(Oc2cccnn2)C1. The van der Waals surface area contributed by atoms with Crippen molar-refractivity contribution in [2.75, 3.05) is 13.1 Å². The molecule has 3 rings (SSSR count). The zero-order valence-corrected chi connectivity index (χ0v) is 13.2. The molecule has 6 nitrogen and oxygen atoms in total. The van der Waals surface area contributed by atoms with E-state index in [1.165, 1.54) is 16.4 Å². The fourth-order valence-corrected chi connectivity index (χ4v) is 4.10. The van der Waals surface area contributed by atoms with Gasteiger partial charge in [0.15, 0.2) is 0 Å². The third-order valence-corrected chi connectivity index (χ3v) is 5.47. The summed E-state index contributed by atoms with van der Waals surface area (Å²) in [5.74, 6) is 0.398. The van der Waals surface area contributed by atoms with Gasteiger partial charge in [-0.25, -0.2) is 8.42 Å². The van der Waals surface area contributed by atoms with Crippen molar-refractivity contribution in [1.82, 2.24) is 14.5 Å². The van der Waals surface area contributed by atoms with Gasteiger partial charge in [0, 0.05) is 23.8 Å². The Kier molecular flexibility index (Phi) is 4.28. The van der Waals surface area contributed by atoms with Crippen molar-refractivity contribution in [3.8, 4) is 5.88 Å². The predicted octanol–water partition coefficient (Wildman–Crippen LogP) is 1.97. The number of nitrogens with zero attached hydrogens (tertiary/aromatic N) is 3. The van der Waals surface area contributed by atoms with Crippen LogP contribution in [-0.4, -0.2) is 42.1 Å². The van der Waals surface area contributed by atoms with Gasteiger partial charge < -0.3 is 4.74 Å². The van der Waals surface area contributed by atoms with E-state index in [0.717, 1.165) is 0 Å². The quantitative estimate of drug-likeness (QED) is 0.851. The number of hydrogen-bond acceptors (Lipinski definition) is 5. The summed E-state index contributed by atoms with van der Waals surface area (Å²) in [5.41, 5.74) is 0. The van der Waals surface area contributed by atoms with Crippen molar-refractivity contribution < 1.29 is 13.2 Å². The normalized spacial score (nSPS) is 19.2. The average Bonchev–Trinajstić information content (AvgIpc) is 2.97. The van der Waals surface area contributed by atoms with E-state index in [1.807, 2.05) is 0 Å². The van der Waals surface area contributed by atoms with Crippen LogP contribution in [0.3, 0.4) is 0 Å². The van der Waals surface area contributed by atoms with Gasteiger partial charge in [0.2, 0.25) is 15.9 Å². The summed E-state index contributed by atoms with van der Waals surface area (Å²) in [6.07, 6.45) is 1.93. The molecular formula is C14H14ClN3O3S. The van der Waals surface area contributed by atoms with E-state index in [9.17, 15) is 8.42 Å². The Morgan fingerprint density at radius 1 is 1.27 bits per heavy atom. The summed E-state index contributed by atoms with van der Waals surface area (Å²) in [6.45, 7) is 0.686. The van der Waals surface area contributed by atoms with E-state index in [4.69, 9.17) is 16.3 Å². The molecule has 2 aromatic rings. The molecule has 0 amide bonds. The molecular weight excluding hydrogens is 326 g/mol. The van der Waals surface area contributed by atoms with Gasteiger partial charge in [-0.05, 0) is 30.7 Å². The number of sulfonamides is 1. The Labute approximate surface area is 133 Å². The molecule has 2 heterocycles. The highest BCUT2D eigenvalue weighted by Crippen LogP contribution is 2.24. The molecule has 8 heteroatoms. The minimum absolute atomic E-state index is 0.195. The van der Waals surface area contributed by atoms with Crippen molar-refractivity contribution in [2.45, 2.75) is 17.4 Å². The van der Waals surface area contributed by atoms with E-state index < -0.39 is 10.0 Å². The lowest BCUT2D eigenvalue weighted by Crippen LogP contribution is -2.31. The van der Waals surface area contributed by atoms with Gasteiger partial charge >= 0.3 is 0 Å². The van der Waals surface area contributed by atoms with Gasteiger partial charge in [-0.3, -0.25) is 0 Å². The topological polar surface area (TPSA) is 72.4 Å². The first-order valence-corrected chi connectivity index (χ1v) is 8.57. The van der Waals surface area contributed by atoms with Crippen molar-refractivity contribution in [2.24, 2.45) is 0 Å². The van der Waals surface area contributed by atoms with E-state index in [0.29, 0.717) is 23.9 Å². The van der Waals surface area contributed by atoms with Crippen LogP contribution >= 0.6 is 11.6 Å². The summed E-state index contributed by atoms with van der Waals surface area (Å²) in [7, 11) is -3.55. The lowest BCUT2D eigenvalue weighted by Gasteiger charge is -2.17. The maximum Gasteiger partial charge on any atom is 0.243 e. The zero-order valence-electron chi connectivity index (χ0n) is 11.6. The van der Waals surface area contributed by atoms with Crippen molar-refractivity contribution in [1.29, 1.82) is 0 Å². The molecule has 116 valence electrons. The Bertz CT molecular complexity index is 755. The maximum absolute atomic E-state index is 12.6. The Morgan fingerprint density at radius 2 is 2.14 bits per heavy atom. The minimum Gasteiger partial charge on any atom is -0.472 e. The molecule has 1 aromatic carbocycles. The molecule has 1 aliphatic heterocycles. The van der Waals surface area contributed by atoms with E-state index >= 15 is 0 Å². The van der Waals surface area contributed by atoms with Gasteiger partial charge in [0.1, 0.15) is 6.10 Å². The monoisotopic (exact) mass is 339 g/mol. The first-order valence-electron chi connectivity index (χ1n) is 6.76. The fourth-order valence-electron chi connectivity index (χ4n) is 2.31. The van der Waals surface area contributed by atoms with Crippen LogP contribution in [0.2, 0.25) is 5.02 Å². The second-order valence-corrected chi connectivity index (χ2v) is 7.29. The minimum atomic E-state index is -3.55. The first kappa shape index (κ1) is 15.2. The van der Waals surface area contributed by atoms with Crippen molar-refractivity contribution >= 4 is 21.6 Å². The molecule has 0 radical (unpaired) electrons. The number of ether oxygens (including phenoxy) is 1. The van der Waals surface area contributed by atoms with E-state index in [2.05, 4.69) is 10.2 Å². The fraction of sp³-hybridized carbons (Fsp3) is 0.286. The number of aromatic nitrogens is 2. The molecule has 0 saturated carbocycles. The molecule has 1 atom stereocenters. The third kappa shape index (κ3) is 3.21. The maximum atomic E-state index is 12.6. The molecule has 0 bridgehead atoms. The third-order valence-electron chi connectivity index (χ3n) is 3.38. The average molecular weight is 340 g/mol. The number of benzene rings is 1. The molecule has 1 aliphatic rings. The molecule has 1 unspecified atom stereocenters. The van der Waals surface area contributed by atoms with Crippen LogP contribution in [0.4, 0.5) is 0 Å². The van der Waals surface area contributed by atoms with Crippen LogP contribution in [0, 0.1) is 0 Å². The number of rotatable bonds is 4. The summed E-state index contributed by atoms with van der Waals surface area (Å²) in [6, 6.07) is 9.67. The van der Waals surface area contributed by atoms with Crippen molar-refractivity contribution in [3.05, 3.63) is 47.6 Å². The van der Waals surface area contributed by atoms with Crippen LogP contribution < -0.4 is 4.74 Å². The second-order valence-electron chi connectivity index (χ2n) is 4.91. The Morgan fingerprint density at radius 3 is 2.86 bits per heavy atom. The summed E-state index contributed by atoms with van der Waals surface area (Å²) < 4.78 is 32.2. The summed E-state index contributed by atoms with van der Waals surface area (Å²) >= 11 is 5.87. The molecule has 1 fully saturated rings. The second kappa shape index (κ2) is 6.20. The highest BCUT2D eigenvalue weighted by Gasteiger charge is 2.33. The standard InChI is InChI=1S/C14H14ClN3O3S/c15-11-3-1-4-13(9-11)22(19,20)18-8-6-12(10-18)21-14-5-2-7-16-17-14/h1-5,7,9,12H,6,8,10H2. The molecule has 1 aromatic heterocycles. The molecule has 0 N–H and O–H groups in total. The van der Waals surface area contributed by atoms with Gasteiger partial charge in [0.05, 0.1) is 11.4 Å². The smallest absolute Gasteiger partial charge is 0.243 e. The van der Waals surface area contributed by atoms with Gasteiger partial charge in [-0.2, -0.15) is 9.40 Å². The van der Waals surface area contributed by atoms with Crippen LogP contribution in [0.5, 0.6) is 5.88 Å². The lowest BCUT2D eigenvalue weighted by atomic mass is 10.3. The molecule has 0 aliphatic carbocycles. The number of halogens is 1. The van der Waals surface area contributed by atoms with E-state index in [-0.39, 0.29) is 17.5 Å². The highest BCUT2D eigenvalue weighted by atomic mass is 35.5. The lowest BCUT2D eigenvalue weighted by molar-refractivity contribution is 0.204. The molecule has 1 saturated heterocycles. The van der Waals surface area contributed by atoms with Crippen LogP contribution in [0.15, 0.2) is 47.5 Å². The zero-order chi connectivity index (χ0) is 15.6. The summed E-state index contributed by atoms with van der Waals surface area (Å²) in [5, 5.41) is 7.97. The molecule has 22 heavy (non-hydrogen) atoms. The van der Waals surface area contributed by atoms with E-state index in [1.54, 1.807) is 30.5 Å². The summed E-state index contributed by atoms with van der Waals surface area (Å²) in [4.78, 5) is 0.195. The first-order chi connectivity index (χ1) is 10.6. The van der Waals surface area contributed by atoms with Crippen LogP contribution in [0.1, 0.15) is 6.42 Å². The van der Waals surface area contributed by atoms with Gasteiger partial charge in [0.25, 0.3) is 0 Å². The molecule has 0 spiro atoms. The van der Waals surface area contributed by atoms with Crippen molar-refractivity contribution in [3.63, 3.8) is 0 Å². The Hall–Kier alpha value is -1.70. The van der Waals surface area contributed by atoms with Gasteiger partial charge in [-0.1, -0.05) is 17.7 Å². The van der Waals surface area contributed by atoms with Gasteiger partial charge in [-0.15, -0.1) is 5.10 Å². The Balaban J connectivity index is 1.72. The van der Waals surface area contributed by atoms with Crippen LogP contribution in [-0.2, 0) is 10.0 Å². The van der Waals surface area contributed by atoms with Crippen LogP contribution in [0.25, 0.3) is 0 Å².